The van der Waals surface area contributed by atoms with E-state index in [0.717, 1.165) is 11.3 Å². The van der Waals surface area contributed by atoms with Gasteiger partial charge in [0.05, 0.1) is 16.3 Å². The minimum absolute atomic E-state index is 0.317. The van der Waals surface area contributed by atoms with Crippen LogP contribution in [0.2, 0.25) is 0 Å². The maximum Gasteiger partial charge on any atom is 0.312 e. The molecule has 3 heterocycles. The molecule has 0 aliphatic heterocycles. The molecule has 0 saturated carbocycles. The van der Waals surface area contributed by atoms with Gasteiger partial charge in [0.1, 0.15) is 5.65 Å². The summed E-state index contributed by atoms with van der Waals surface area (Å²) in [6, 6.07) is 9.94. The number of hydrogen-bond acceptors (Lipinski definition) is 5. The fraction of sp³-hybridized carbons (Fsp3) is 0. The lowest BCUT2D eigenvalue weighted by atomic mass is 10.2. The Morgan fingerprint density at radius 2 is 2.04 bits per heavy atom. The summed E-state index contributed by atoms with van der Waals surface area (Å²) < 4.78 is 3.29. The summed E-state index contributed by atoms with van der Waals surface area (Å²) in [7, 11) is 0. The third-order valence-electron chi connectivity index (χ3n) is 3.73. The number of aromatic hydroxyl groups is 1. The molecule has 3 aromatic heterocycles. The molecule has 0 amide bonds. The Labute approximate surface area is 135 Å². The van der Waals surface area contributed by atoms with Gasteiger partial charge in [0, 0.05) is 42.5 Å². The first-order valence-corrected chi connectivity index (χ1v) is 7.09. The number of imidazole rings is 1. The Morgan fingerprint density at radius 3 is 2.79 bits per heavy atom. The molecule has 1 N–H and O–H groups in total. The third kappa shape index (κ3) is 2.09. The minimum atomic E-state index is -0.614. The number of nitro groups is 1. The zero-order chi connectivity index (χ0) is 16.7. The number of pyridine rings is 1. The normalized spacial score (nSPS) is 11.0. The third-order valence-corrected chi connectivity index (χ3v) is 3.73. The van der Waals surface area contributed by atoms with Crippen LogP contribution in [0.4, 0.5) is 5.69 Å². The highest BCUT2D eigenvalue weighted by Gasteiger charge is 2.19. The van der Waals surface area contributed by atoms with E-state index in [9.17, 15) is 15.2 Å². The van der Waals surface area contributed by atoms with Crippen LogP contribution in [0.15, 0.2) is 61.2 Å². The number of rotatable bonds is 3. The van der Waals surface area contributed by atoms with Gasteiger partial charge in [0.2, 0.25) is 5.75 Å². The van der Waals surface area contributed by atoms with Gasteiger partial charge in [0.15, 0.2) is 0 Å². The van der Waals surface area contributed by atoms with Crippen LogP contribution in [0.3, 0.4) is 0 Å². The maximum absolute atomic E-state index is 11.0. The number of aromatic nitrogens is 4. The van der Waals surface area contributed by atoms with Crippen molar-refractivity contribution in [1.82, 2.24) is 19.2 Å². The first-order valence-electron chi connectivity index (χ1n) is 7.09. The predicted octanol–water partition coefficient (Wildman–Crippen LogP) is 2.80. The van der Waals surface area contributed by atoms with Crippen LogP contribution in [0.25, 0.3) is 22.6 Å². The SMILES string of the molecule is O=[N+]([O-])c1cccc(-n2ccn3nc(-c4cccnc4)cc23)c1O. The molecule has 8 heteroatoms. The van der Waals surface area contributed by atoms with Gasteiger partial charge in [-0.2, -0.15) is 5.10 Å². The van der Waals surface area contributed by atoms with E-state index >= 15 is 0 Å². The highest BCUT2D eigenvalue weighted by Crippen LogP contribution is 2.33. The standard InChI is InChI=1S/C16H11N5O3/c22-16-13(4-1-5-14(16)21(23)24)19-7-8-20-15(19)9-12(18-20)11-3-2-6-17-10-11/h1-10,22H. The summed E-state index contributed by atoms with van der Waals surface area (Å²) in [5.41, 5.74) is 2.22. The molecule has 0 bridgehead atoms. The van der Waals surface area contributed by atoms with Crippen molar-refractivity contribution in [3.63, 3.8) is 0 Å². The summed E-state index contributed by atoms with van der Waals surface area (Å²) in [4.78, 5) is 14.5. The number of benzene rings is 1. The maximum atomic E-state index is 11.0. The highest BCUT2D eigenvalue weighted by molar-refractivity contribution is 5.67. The molecule has 8 nitrogen and oxygen atoms in total. The van der Waals surface area contributed by atoms with E-state index in [1.54, 1.807) is 39.9 Å². The largest absolute Gasteiger partial charge is 0.501 e. The molecule has 4 aromatic rings. The number of para-hydroxylation sites is 1. The summed E-state index contributed by atoms with van der Waals surface area (Å²) in [5.74, 6) is -0.385. The fourth-order valence-corrected chi connectivity index (χ4v) is 2.60. The van der Waals surface area contributed by atoms with Crippen LogP contribution in [0.5, 0.6) is 5.75 Å². The van der Waals surface area contributed by atoms with E-state index in [0.29, 0.717) is 11.3 Å². The monoisotopic (exact) mass is 321 g/mol. The molecule has 0 atom stereocenters. The first-order chi connectivity index (χ1) is 11.6. The molecule has 24 heavy (non-hydrogen) atoms. The molecular weight excluding hydrogens is 310 g/mol. The van der Waals surface area contributed by atoms with Crippen LogP contribution >= 0.6 is 0 Å². The van der Waals surface area contributed by atoms with Gasteiger partial charge >= 0.3 is 5.69 Å². The number of hydrogen-bond donors (Lipinski definition) is 1. The topological polar surface area (TPSA) is 98.5 Å². The summed E-state index contributed by atoms with van der Waals surface area (Å²) >= 11 is 0. The lowest BCUT2D eigenvalue weighted by Gasteiger charge is -2.06. The number of fused-ring (bicyclic) bond motifs is 1. The zero-order valence-electron chi connectivity index (χ0n) is 12.3. The van der Waals surface area contributed by atoms with Gasteiger partial charge in [-0.1, -0.05) is 6.07 Å². The fourth-order valence-electron chi connectivity index (χ4n) is 2.60. The van der Waals surface area contributed by atoms with Crippen molar-refractivity contribution in [3.05, 3.63) is 71.3 Å². The van der Waals surface area contributed by atoms with Crippen LogP contribution in [-0.4, -0.2) is 29.2 Å². The van der Waals surface area contributed by atoms with Crippen molar-refractivity contribution in [2.45, 2.75) is 0 Å². The quantitative estimate of drug-likeness (QED) is 0.462. The second-order valence-electron chi connectivity index (χ2n) is 5.14. The Morgan fingerprint density at radius 1 is 1.17 bits per heavy atom. The predicted molar refractivity (Wildman–Crippen MR) is 86.1 cm³/mol. The molecule has 0 radical (unpaired) electrons. The van der Waals surface area contributed by atoms with E-state index in [1.807, 2.05) is 18.2 Å². The van der Waals surface area contributed by atoms with Gasteiger partial charge in [-0.15, -0.1) is 0 Å². The van der Waals surface area contributed by atoms with E-state index in [4.69, 9.17) is 0 Å². The molecular formula is C16H11N5O3. The molecule has 0 unspecified atom stereocenters. The molecule has 0 spiro atoms. The van der Waals surface area contributed by atoms with Crippen molar-refractivity contribution in [2.75, 3.05) is 0 Å². The van der Waals surface area contributed by atoms with Crippen molar-refractivity contribution >= 4 is 11.3 Å². The number of phenolic OH excluding ortho intramolecular Hbond substituents is 1. The minimum Gasteiger partial charge on any atom is -0.501 e. The zero-order valence-corrected chi connectivity index (χ0v) is 12.3. The molecule has 4 rings (SSSR count). The molecule has 0 saturated heterocycles. The van der Waals surface area contributed by atoms with Crippen molar-refractivity contribution in [1.29, 1.82) is 0 Å². The second kappa shape index (κ2) is 5.20. The van der Waals surface area contributed by atoms with E-state index < -0.39 is 4.92 Å². The van der Waals surface area contributed by atoms with Gasteiger partial charge < -0.3 is 5.11 Å². The Hall–Kier alpha value is -3.68. The van der Waals surface area contributed by atoms with E-state index in [1.165, 1.54) is 12.1 Å². The van der Waals surface area contributed by atoms with Gasteiger partial charge in [-0.05, 0) is 18.2 Å². The van der Waals surface area contributed by atoms with Crippen molar-refractivity contribution in [2.24, 2.45) is 0 Å². The lowest BCUT2D eigenvalue weighted by molar-refractivity contribution is -0.385. The number of phenols is 1. The van der Waals surface area contributed by atoms with Crippen LogP contribution in [0, 0.1) is 10.1 Å². The van der Waals surface area contributed by atoms with Crippen LogP contribution < -0.4 is 0 Å². The first kappa shape index (κ1) is 13.9. The van der Waals surface area contributed by atoms with E-state index in [2.05, 4.69) is 10.1 Å². The van der Waals surface area contributed by atoms with Crippen LogP contribution in [-0.2, 0) is 0 Å². The van der Waals surface area contributed by atoms with Gasteiger partial charge in [0.25, 0.3) is 0 Å². The van der Waals surface area contributed by atoms with Gasteiger partial charge in [-0.25, -0.2) is 4.52 Å². The van der Waals surface area contributed by atoms with E-state index in [-0.39, 0.29) is 11.4 Å². The smallest absolute Gasteiger partial charge is 0.312 e. The molecule has 0 aliphatic carbocycles. The Balaban J connectivity index is 1.88. The summed E-state index contributed by atoms with van der Waals surface area (Å²) in [6.45, 7) is 0. The molecule has 118 valence electrons. The molecule has 0 aliphatic rings. The second-order valence-corrected chi connectivity index (χ2v) is 5.14. The summed E-state index contributed by atoms with van der Waals surface area (Å²) in [6.07, 6.45) is 6.79. The molecule has 0 fully saturated rings. The average molecular weight is 321 g/mol. The highest BCUT2D eigenvalue weighted by atomic mass is 16.6. The van der Waals surface area contributed by atoms with Crippen molar-refractivity contribution in [3.8, 4) is 22.7 Å². The average Bonchev–Trinajstić information content (AvgIpc) is 3.16. The summed E-state index contributed by atoms with van der Waals surface area (Å²) in [5, 5.41) is 25.7. The number of nitro benzene ring substituents is 1. The Bertz CT molecular complexity index is 1050. The lowest BCUT2D eigenvalue weighted by Crippen LogP contribution is -1.96. The van der Waals surface area contributed by atoms with Crippen LogP contribution in [0.1, 0.15) is 0 Å². The molecule has 1 aromatic carbocycles. The Kier molecular flexibility index (Phi) is 3.02. The van der Waals surface area contributed by atoms with Crippen molar-refractivity contribution < 1.29 is 10.0 Å². The van der Waals surface area contributed by atoms with Gasteiger partial charge in [-0.3, -0.25) is 19.7 Å². The number of nitrogens with zero attached hydrogens (tertiary/aromatic N) is 5.